The summed E-state index contributed by atoms with van der Waals surface area (Å²) in [4.78, 5) is 45.1. The molecule has 0 saturated carbocycles. The van der Waals surface area contributed by atoms with Gasteiger partial charge in [-0.1, -0.05) is 12.1 Å². The molecule has 0 radical (unpaired) electrons. The number of nitrogens with one attached hydrogen (secondary N) is 3. The molecule has 0 spiro atoms. The Hall–Kier alpha value is -3.15. The van der Waals surface area contributed by atoms with Gasteiger partial charge in [-0.2, -0.15) is 0 Å². The van der Waals surface area contributed by atoms with Gasteiger partial charge in [-0.05, 0) is 81.1 Å². The van der Waals surface area contributed by atoms with Crippen LogP contribution in [0.2, 0.25) is 0 Å². The Morgan fingerprint density at radius 1 is 1.14 bits per heavy atom. The number of carbonyl (C=O) groups is 3. The van der Waals surface area contributed by atoms with Crippen molar-refractivity contribution in [1.82, 2.24) is 25.6 Å². The van der Waals surface area contributed by atoms with Crippen molar-refractivity contribution in [2.45, 2.75) is 44.5 Å². The average molecular weight is 514 g/mol. The van der Waals surface area contributed by atoms with Crippen LogP contribution in [-0.2, 0) is 16.0 Å². The van der Waals surface area contributed by atoms with Crippen LogP contribution in [0.3, 0.4) is 0 Å². The number of amides is 3. The minimum Gasteiger partial charge on any atom is -0.328 e. The zero-order valence-corrected chi connectivity index (χ0v) is 21.6. The van der Waals surface area contributed by atoms with Crippen LogP contribution in [0.15, 0.2) is 48.8 Å². The predicted molar refractivity (Wildman–Crippen MR) is 142 cm³/mol. The number of carbonyl (C=O) groups excluding carboxylic acids is 3. The van der Waals surface area contributed by atoms with Crippen molar-refractivity contribution in [2.24, 2.45) is 5.73 Å². The van der Waals surface area contributed by atoms with E-state index in [4.69, 9.17) is 5.73 Å². The van der Waals surface area contributed by atoms with Gasteiger partial charge < -0.3 is 20.3 Å². The maximum atomic E-state index is 12.8. The second-order valence-corrected chi connectivity index (χ2v) is 9.54. The maximum absolute atomic E-state index is 12.8. The first-order valence-corrected chi connectivity index (χ1v) is 13.0. The standard InChI is InChI=1S/C25H35N7O3S/c1-3-32(18(2)33)25(22(26)24(35)29-28-23(34)20-7-6-13-27-17-20)36-30-21-10-8-19(9-11-21)12-16-31-14-4-5-15-31/h6-11,13,17,22,25,30H,3-5,12,14-16,26H2,1-2H3,(H,28,34)(H,29,35)/t22-,25?/m1/s1. The van der Waals surface area contributed by atoms with Crippen molar-refractivity contribution in [1.29, 1.82) is 0 Å². The van der Waals surface area contributed by atoms with Gasteiger partial charge in [0.25, 0.3) is 11.8 Å². The van der Waals surface area contributed by atoms with E-state index >= 15 is 0 Å². The highest BCUT2D eigenvalue weighted by atomic mass is 32.2. The number of rotatable bonds is 11. The minimum absolute atomic E-state index is 0.211. The van der Waals surface area contributed by atoms with Crippen LogP contribution in [0.1, 0.15) is 42.6 Å². The predicted octanol–water partition coefficient (Wildman–Crippen LogP) is 1.76. The van der Waals surface area contributed by atoms with E-state index < -0.39 is 23.2 Å². The number of likely N-dealkylation sites (N-methyl/N-ethyl adjacent to an activating group) is 1. The molecule has 3 amide bonds. The summed E-state index contributed by atoms with van der Waals surface area (Å²) in [5.74, 6) is -1.35. The Bertz CT molecular complexity index is 1000. The zero-order chi connectivity index (χ0) is 25.9. The molecule has 0 bridgehead atoms. The minimum atomic E-state index is -1.11. The quantitative estimate of drug-likeness (QED) is 0.203. The summed E-state index contributed by atoms with van der Waals surface area (Å²) in [6.45, 7) is 7.05. The van der Waals surface area contributed by atoms with E-state index in [-0.39, 0.29) is 5.91 Å². The molecule has 3 rings (SSSR count). The van der Waals surface area contributed by atoms with Crippen molar-refractivity contribution < 1.29 is 14.4 Å². The van der Waals surface area contributed by atoms with Gasteiger partial charge >= 0.3 is 0 Å². The normalized spacial score (nSPS) is 15.1. The van der Waals surface area contributed by atoms with Gasteiger partial charge in [0.05, 0.1) is 5.56 Å². The number of likely N-dealkylation sites (tertiary alicyclic amines) is 1. The van der Waals surface area contributed by atoms with Gasteiger partial charge in [-0.25, -0.2) is 0 Å². The number of hydrogen-bond donors (Lipinski definition) is 4. The topological polar surface area (TPSA) is 133 Å². The molecule has 11 heteroatoms. The third-order valence-corrected chi connectivity index (χ3v) is 7.19. The molecule has 1 fully saturated rings. The van der Waals surface area contributed by atoms with Gasteiger partial charge in [-0.3, -0.25) is 30.2 Å². The fraction of sp³-hybridized carbons (Fsp3) is 0.440. The van der Waals surface area contributed by atoms with Gasteiger partial charge in [0.2, 0.25) is 5.91 Å². The highest BCUT2D eigenvalue weighted by molar-refractivity contribution is 8.01. The first kappa shape index (κ1) is 27.4. The lowest BCUT2D eigenvalue weighted by molar-refractivity contribution is -0.131. The Labute approximate surface area is 216 Å². The second-order valence-electron chi connectivity index (χ2n) is 8.62. The molecule has 1 aliphatic rings. The van der Waals surface area contributed by atoms with Crippen LogP contribution < -0.4 is 21.3 Å². The fourth-order valence-electron chi connectivity index (χ4n) is 3.97. The third kappa shape index (κ3) is 7.94. The molecule has 1 unspecified atom stereocenters. The van der Waals surface area contributed by atoms with E-state index in [1.54, 1.807) is 18.3 Å². The number of pyridine rings is 1. The number of benzene rings is 1. The summed E-state index contributed by atoms with van der Waals surface area (Å²) in [7, 11) is 0. The number of aromatic nitrogens is 1. The van der Waals surface area contributed by atoms with Crippen molar-refractivity contribution >= 4 is 35.4 Å². The lowest BCUT2D eigenvalue weighted by Crippen LogP contribution is -2.58. The third-order valence-electron chi connectivity index (χ3n) is 6.05. The Morgan fingerprint density at radius 2 is 1.86 bits per heavy atom. The van der Waals surface area contributed by atoms with E-state index in [0.29, 0.717) is 12.1 Å². The van der Waals surface area contributed by atoms with Crippen molar-refractivity contribution in [2.75, 3.05) is 30.9 Å². The summed E-state index contributed by atoms with van der Waals surface area (Å²) < 4.78 is 3.22. The number of hydrogen-bond acceptors (Lipinski definition) is 8. The first-order valence-electron chi connectivity index (χ1n) is 12.1. The Kier molecular flexibility index (Phi) is 10.5. The Morgan fingerprint density at radius 3 is 2.47 bits per heavy atom. The molecule has 194 valence electrons. The highest BCUT2D eigenvalue weighted by Crippen LogP contribution is 2.23. The smallest absolute Gasteiger partial charge is 0.271 e. The van der Waals surface area contributed by atoms with Gasteiger partial charge in [-0.15, -0.1) is 0 Å². The molecule has 2 heterocycles. The van der Waals surface area contributed by atoms with E-state index in [1.165, 1.54) is 61.5 Å². The molecular formula is C25H35N7O3S. The summed E-state index contributed by atoms with van der Waals surface area (Å²) in [6, 6.07) is 10.2. The molecule has 5 N–H and O–H groups in total. The molecule has 1 aromatic carbocycles. The SMILES string of the molecule is CCN(C(C)=O)C(SNc1ccc(CCN2CCCC2)cc1)[C@H](N)C(=O)NNC(=O)c1cccnc1. The molecule has 1 aromatic heterocycles. The van der Waals surface area contributed by atoms with Gasteiger partial charge in [0, 0.05) is 38.1 Å². The summed E-state index contributed by atoms with van der Waals surface area (Å²) in [6.07, 6.45) is 6.50. The van der Waals surface area contributed by atoms with E-state index in [2.05, 4.69) is 37.6 Å². The number of anilines is 1. The van der Waals surface area contributed by atoms with Crippen LogP contribution in [-0.4, -0.2) is 70.1 Å². The van der Waals surface area contributed by atoms with Crippen molar-refractivity contribution in [3.05, 3.63) is 59.9 Å². The molecule has 0 aliphatic carbocycles. The molecule has 10 nitrogen and oxygen atoms in total. The Balaban J connectivity index is 1.57. The van der Waals surface area contributed by atoms with E-state index in [1.807, 2.05) is 19.1 Å². The van der Waals surface area contributed by atoms with E-state index in [9.17, 15) is 14.4 Å². The molecule has 36 heavy (non-hydrogen) atoms. The zero-order valence-electron chi connectivity index (χ0n) is 20.8. The average Bonchev–Trinajstić information content (AvgIpc) is 3.42. The number of hydrazine groups is 1. The largest absolute Gasteiger partial charge is 0.328 e. The first-order chi connectivity index (χ1) is 17.4. The van der Waals surface area contributed by atoms with Crippen LogP contribution in [0.5, 0.6) is 0 Å². The van der Waals surface area contributed by atoms with Crippen LogP contribution in [0.4, 0.5) is 5.69 Å². The second kappa shape index (κ2) is 13.8. The van der Waals surface area contributed by atoms with Gasteiger partial charge in [0.1, 0.15) is 11.4 Å². The molecule has 2 atom stereocenters. The monoisotopic (exact) mass is 513 g/mol. The van der Waals surface area contributed by atoms with Crippen molar-refractivity contribution in [3.63, 3.8) is 0 Å². The van der Waals surface area contributed by atoms with Gasteiger partial charge in [0.15, 0.2) is 0 Å². The van der Waals surface area contributed by atoms with Crippen LogP contribution in [0.25, 0.3) is 0 Å². The number of nitrogens with two attached hydrogens (primary N) is 1. The lowest BCUT2D eigenvalue weighted by atomic mass is 10.1. The molecule has 1 aliphatic heterocycles. The summed E-state index contributed by atoms with van der Waals surface area (Å²) in [5.41, 5.74) is 13.3. The van der Waals surface area contributed by atoms with Crippen LogP contribution >= 0.6 is 11.9 Å². The highest BCUT2D eigenvalue weighted by Gasteiger charge is 2.32. The molecule has 1 saturated heterocycles. The maximum Gasteiger partial charge on any atom is 0.271 e. The molecular weight excluding hydrogens is 478 g/mol. The lowest BCUT2D eigenvalue weighted by Gasteiger charge is -2.32. The molecule has 2 aromatic rings. The summed E-state index contributed by atoms with van der Waals surface area (Å²) >= 11 is 1.18. The fourth-order valence-corrected chi connectivity index (χ4v) is 5.06. The van der Waals surface area contributed by atoms with E-state index in [0.717, 1.165) is 18.7 Å². The van der Waals surface area contributed by atoms with Crippen molar-refractivity contribution in [3.8, 4) is 0 Å². The van der Waals surface area contributed by atoms with Crippen LogP contribution in [0, 0.1) is 0 Å². The summed E-state index contributed by atoms with van der Waals surface area (Å²) in [5, 5.41) is -0.711. The number of nitrogens with zero attached hydrogens (tertiary/aromatic N) is 3.